The molecule has 1 aliphatic carbocycles. The first-order chi connectivity index (χ1) is 15.1. The van der Waals surface area contributed by atoms with Crippen LogP contribution in [-0.2, 0) is 4.74 Å². The summed E-state index contributed by atoms with van der Waals surface area (Å²) in [5, 5.41) is 5.47. The number of carbonyl (C=O) groups excluding carboxylic acids is 1. The Labute approximate surface area is 199 Å². The molecule has 172 valence electrons. The zero-order valence-electron chi connectivity index (χ0n) is 19.1. The molecule has 1 saturated heterocycles. The number of likely N-dealkylation sites (tertiary alicyclic amines) is 1. The molecule has 5 nitrogen and oxygen atoms in total. The van der Waals surface area contributed by atoms with Gasteiger partial charge in [-0.05, 0) is 64.0 Å². The maximum absolute atomic E-state index is 12.4. The fourth-order valence-electron chi connectivity index (χ4n) is 3.99. The molecular formula is C25H30Cl2N2O3. The second-order valence-electron chi connectivity index (χ2n) is 10.1. The van der Waals surface area contributed by atoms with Gasteiger partial charge < -0.3 is 14.2 Å². The molecule has 0 unspecified atom stereocenters. The van der Waals surface area contributed by atoms with E-state index in [2.05, 4.69) is 24.2 Å². The van der Waals surface area contributed by atoms with E-state index in [9.17, 15) is 4.79 Å². The van der Waals surface area contributed by atoms with Crippen LogP contribution in [0, 0.1) is 5.41 Å². The lowest BCUT2D eigenvalue weighted by Gasteiger charge is -2.38. The number of benzene rings is 1. The van der Waals surface area contributed by atoms with Crippen molar-refractivity contribution in [2.45, 2.75) is 64.9 Å². The van der Waals surface area contributed by atoms with Gasteiger partial charge in [0, 0.05) is 30.1 Å². The molecule has 1 aromatic carbocycles. The van der Waals surface area contributed by atoms with Gasteiger partial charge in [-0.25, -0.2) is 4.79 Å². The predicted molar refractivity (Wildman–Crippen MR) is 128 cm³/mol. The second-order valence-corrected chi connectivity index (χ2v) is 10.9. The highest BCUT2D eigenvalue weighted by Gasteiger charge is 2.35. The molecule has 7 heteroatoms. The first-order valence-corrected chi connectivity index (χ1v) is 11.9. The number of hydrogen-bond donors (Lipinski definition) is 0. The minimum absolute atomic E-state index is 0.0435. The summed E-state index contributed by atoms with van der Waals surface area (Å²) in [6.07, 6.45) is 8.02. The first kappa shape index (κ1) is 23.2. The molecule has 2 aromatic rings. The number of nitrogens with zero attached hydrogens (tertiary/aromatic N) is 2. The standard InChI is InChI=1S/C25H30Cl2N2O3/c1-24(2,3)31-23(30)29-14-12-25(4,13-15-29)11-10-17-21(28-32-22(17)16-8-9-16)20-18(26)6-5-7-19(20)27/h5-7,10-11,16H,8-9,12-15H2,1-4H3. The molecule has 0 bridgehead atoms. The minimum atomic E-state index is -0.485. The molecular weight excluding hydrogens is 447 g/mol. The Hall–Kier alpha value is -1.98. The summed E-state index contributed by atoms with van der Waals surface area (Å²) in [7, 11) is 0. The maximum Gasteiger partial charge on any atom is 0.410 e. The van der Waals surface area contributed by atoms with Gasteiger partial charge >= 0.3 is 6.09 Å². The van der Waals surface area contributed by atoms with Crippen LogP contribution in [0.25, 0.3) is 17.3 Å². The van der Waals surface area contributed by atoms with Crippen molar-refractivity contribution < 1.29 is 14.1 Å². The van der Waals surface area contributed by atoms with Gasteiger partial charge in [-0.15, -0.1) is 0 Å². The molecule has 2 fully saturated rings. The van der Waals surface area contributed by atoms with Crippen LogP contribution in [-0.4, -0.2) is 34.8 Å². The molecule has 1 saturated carbocycles. The number of amides is 1. The smallest absolute Gasteiger partial charge is 0.410 e. The van der Waals surface area contributed by atoms with E-state index < -0.39 is 5.60 Å². The van der Waals surface area contributed by atoms with Crippen LogP contribution < -0.4 is 0 Å². The Kier molecular flexibility index (Phi) is 6.34. The van der Waals surface area contributed by atoms with Gasteiger partial charge in [-0.2, -0.15) is 0 Å². The van der Waals surface area contributed by atoms with E-state index in [4.69, 9.17) is 32.5 Å². The lowest BCUT2D eigenvalue weighted by molar-refractivity contribution is 0.0156. The van der Waals surface area contributed by atoms with E-state index >= 15 is 0 Å². The van der Waals surface area contributed by atoms with E-state index in [1.165, 1.54) is 0 Å². The van der Waals surface area contributed by atoms with Gasteiger partial charge in [0.15, 0.2) is 0 Å². The van der Waals surface area contributed by atoms with Crippen LogP contribution in [0.5, 0.6) is 0 Å². The topological polar surface area (TPSA) is 55.6 Å². The monoisotopic (exact) mass is 476 g/mol. The Morgan fingerprint density at radius 3 is 2.41 bits per heavy atom. The number of aromatic nitrogens is 1. The fourth-order valence-corrected chi connectivity index (χ4v) is 4.57. The van der Waals surface area contributed by atoms with E-state index in [-0.39, 0.29) is 11.5 Å². The Morgan fingerprint density at radius 2 is 1.84 bits per heavy atom. The zero-order chi connectivity index (χ0) is 23.1. The van der Waals surface area contributed by atoms with Gasteiger partial charge in [0.2, 0.25) is 0 Å². The Bertz CT molecular complexity index is 1010. The van der Waals surface area contributed by atoms with Crippen molar-refractivity contribution in [2.75, 3.05) is 13.1 Å². The molecule has 2 aliphatic rings. The number of carbonyl (C=O) groups is 1. The van der Waals surface area contributed by atoms with E-state index in [1.807, 2.05) is 39.0 Å². The predicted octanol–water partition coefficient (Wildman–Crippen LogP) is 7.58. The molecule has 1 amide bonds. The van der Waals surface area contributed by atoms with Gasteiger partial charge in [0.25, 0.3) is 0 Å². The van der Waals surface area contributed by atoms with Gasteiger partial charge in [0.05, 0.1) is 10.0 Å². The van der Waals surface area contributed by atoms with Crippen molar-refractivity contribution in [3.63, 3.8) is 0 Å². The highest BCUT2D eigenvalue weighted by Crippen LogP contribution is 2.47. The van der Waals surface area contributed by atoms with E-state index in [1.54, 1.807) is 4.90 Å². The highest BCUT2D eigenvalue weighted by atomic mass is 35.5. The fraction of sp³-hybridized carbons (Fsp3) is 0.520. The van der Waals surface area contributed by atoms with E-state index in [0.29, 0.717) is 40.3 Å². The first-order valence-electron chi connectivity index (χ1n) is 11.2. The number of halogens is 2. The van der Waals surface area contributed by atoms with Crippen molar-refractivity contribution in [1.82, 2.24) is 10.1 Å². The number of piperidine rings is 1. The van der Waals surface area contributed by atoms with Gasteiger partial charge in [0.1, 0.15) is 17.1 Å². The molecule has 2 heterocycles. The summed E-state index contributed by atoms with van der Waals surface area (Å²) in [4.78, 5) is 14.2. The molecule has 32 heavy (non-hydrogen) atoms. The summed E-state index contributed by atoms with van der Waals surface area (Å²) in [6, 6.07) is 5.45. The van der Waals surface area contributed by atoms with Crippen LogP contribution in [0.15, 0.2) is 28.8 Å². The summed E-state index contributed by atoms with van der Waals surface area (Å²) in [5.41, 5.74) is 1.82. The van der Waals surface area contributed by atoms with Crippen molar-refractivity contribution in [2.24, 2.45) is 5.41 Å². The highest BCUT2D eigenvalue weighted by molar-refractivity contribution is 6.39. The third-order valence-electron chi connectivity index (χ3n) is 6.11. The molecule has 0 spiro atoms. The molecule has 1 aromatic heterocycles. The Morgan fingerprint density at radius 1 is 1.22 bits per heavy atom. The number of rotatable bonds is 4. The molecule has 4 rings (SSSR count). The largest absolute Gasteiger partial charge is 0.444 e. The van der Waals surface area contributed by atoms with Crippen LogP contribution in [0.3, 0.4) is 0 Å². The lowest BCUT2D eigenvalue weighted by atomic mass is 9.79. The van der Waals surface area contributed by atoms with Crippen molar-refractivity contribution in [3.8, 4) is 11.3 Å². The SMILES string of the molecule is CC1(C=Cc2c(-c3c(Cl)cccc3Cl)noc2C2CC2)CCN(C(=O)OC(C)(C)C)CC1. The number of ether oxygens (including phenoxy) is 1. The third-order valence-corrected chi connectivity index (χ3v) is 6.74. The van der Waals surface area contributed by atoms with Crippen LogP contribution in [0.1, 0.15) is 70.6 Å². The molecule has 1 aliphatic heterocycles. The van der Waals surface area contributed by atoms with Crippen LogP contribution >= 0.6 is 23.2 Å². The molecule has 0 atom stereocenters. The quantitative estimate of drug-likeness (QED) is 0.456. The number of hydrogen-bond acceptors (Lipinski definition) is 4. The summed E-state index contributed by atoms with van der Waals surface area (Å²) in [6.45, 7) is 9.22. The van der Waals surface area contributed by atoms with Crippen molar-refractivity contribution in [1.29, 1.82) is 0 Å². The van der Waals surface area contributed by atoms with Crippen LogP contribution in [0.4, 0.5) is 4.79 Å². The molecule has 0 N–H and O–H groups in total. The van der Waals surface area contributed by atoms with Crippen molar-refractivity contribution in [3.05, 3.63) is 45.6 Å². The Balaban J connectivity index is 1.55. The average Bonchev–Trinajstić information content (AvgIpc) is 3.46. The van der Waals surface area contributed by atoms with Gasteiger partial charge in [-0.3, -0.25) is 0 Å². The minimum Gasteiger partial charge on any atom is -0.444 e. The zero-order valence-corrected chi connectivity index (χ0v) is 20.6. The summed E-state index contributed by atoms with van der Waals surface area (Å²) in [5.74, 6) is 1.31. The maximum atomic E-state index is 12.4. The van der Waals surface area contributed by atoms with Crippen molar-refractivity contribution >= 4 is 35.4 Å². The second kappa shape index (κ2) is 8.75. The van der Waals surface area contributed by atoms with E-state index in [0.717, 1.165) is 37.0 Å². The number of allylic oxidation sites excluding steroid dienone is 1. The summed E-state index contributed by atoms with van der Waals surface area (Å²) >= 11 is 12.9. The molecule has 0 radical (unpaired) electrons. The van der Waals surface area contributed by atoms with Gasteiger partial charge in [-0.1, -0.05) is 53.5 Å². The lowest BCUT2D eigenvalue weighted by Crippen LogP contribution is -2.43. The summed E-state index contributed by atoms with van der Waals surface area (Å²) < 4.78 is 11.3. The normalized spacial score (nSPS) is 18.9. The van der Waals surface area contributed by atoms with Crippen LogP contribution in [0.2, 0.25) is 10.0 Å². The third kappa shape index (κ3) is 5.15. The average molecular weight is 477 g/mol.